The lowest BCUT2D eigenvalue weighted by molar-refractivity contribution is 0.295. The summed E-state index contributed by atoms with van der Waals surface area (Å²) in [7, 11) is 0. The maximum atomic E-state index is 13.6. The molecular formula is C18H21F2N3O2. The van der Waals surface area contributed by atoms with E-state index in [2.05, 4.69) is 16.9 Å². The third-order valence-corrected chi connectivity index (χ3v) is 4.91. The van der Waals surface area contributed by atoms with Crippen LogP contribution >= 0.6 is 0 Å². The first kappa shape index (κ1) is 17.4. The van der Waals surface area contributed by atoms with Crippen LogP contribution in [0.15, 0.2) is 45.5 Å². The van der Waals surface area contributed by atoms with E-state index in [0.717, 1.165) is 31.4 Å². The van der Waals surface area contributed by atoms with Crippen LogP contribution < -0.4 is 16.6 Å². The first-order valence-corrected chi connectivity index (χ1v) is 8.44. The molecule has 0 saturated heterocycles. The summed E-state index contributed by atoms with van der Waals surface area (Å²) in [5.41, 5.74) is 0.180. The Morgan fingerprint density at radius 2 is 1.96 bits per heavy atom. The maximum absolute atomic E-state index is 13.6. The van der Waals surface area contributed by atoms with E-state index in [4.69, 9.17) is 0 Å². The van der Waals surface area contributed by atoms with Gasteiger partial charge in [-0.25, -0.2) is 13.6 Å². The molecule has 1 saturated carbocycles. The van der Waals surface area contributed by atoms with Crippen molar-refractivity contribution >= 4 is 5.82 Å². The lowest BCUT2D eigenvalue weighted by atomic mass is 9.92. The van der Waals surface area contributed by atoms with Gasteiger partial charge in [0.1, 0.15) is 5.82 Å². The highest BCUT2D eigenvalue weighted by Crippen LogP contribution is 2.30. The molecule has 0 amide bonds. The Morgan fingerprint density at radius 1 is 1.24 bits per heavy atom. The highest BCUT2D eigenvalue weighted by molar-refractivity contribution is 5.49. The highest BCUT2D eigenvalue weighted by atomic mass is 19.2. The Balaban J connectivity index is 1.86. The molecule has 0 radical (unpaired) electrons. The Labute approximate surface area is 143 Å². The van der Waals surface area contributed by atoms with Gasteiger partial charge in [-0.1, -0.05) is 6.58 Å². The standard InChI is InChI=1S/C18H21F2N3O2/c1-3-13(19)14(20)9-10(2)15-8-7-12-16(21-15)22-18(25)23(17(12)24)11-5-4-6-11/h3,9,11,15,21H,2,4-8H2,1H3,(H,22,25)/b13-3+,14-9+/t15-/m1/s1. The van der Waals surface area contributed by atoms with Crippen LogP contribution in [-0.4, -0.2) is 15.6 Å². The SMILES string of the molecule is C=C(/C=C(F)\C(F)=C/C)[C@H]1CCc2c([nH]c(=O)n(C3CCC3)c2=O)N1. The second-order valence-corrected chi connectivity index (χ2v) is 6.48. The first-order chi connectivity index (χ1) is 11.9. The van der Waals surface area contributed by atoms with E-state index < -0.39 is 17.3 Å². The number of hydrogen-bond acceptors (Lipinski definition) is 3. The van der Waals surface area contributed by atoms with Gasteiger partial charge in [-0.3, -0.25) is 14.3 Å². The zero-order valence-corrected chi connectivity index (χ0v) is 14.1. The topological polar surface area (TPSA) is 66.9 Å². The van der Waals surface area contributed by atoms with Crippen LogP contribution in [0.25, 0.3) is 0 Å². The molecular weight excluding hydrogens is 328 g/mol. The number of anilines is 1. The molecule has 3 rings (SSSR count). The van der Waals surface area contributed by atoms with Crippen molar-refractivity contribution in [3.63, 3.8) is 0 Å². The molecule has 0 bridgehead atoms. The molecule has 1 atom stereocenters. The molecule has 2 N–H and O–H groups in total. The minimum Gasteiger partial charge on any atom is -0.364 e. The summed E-state index contributed by atoms with van der Waals surface area (Å²) in [6, 6.07) is -0.396. The second kappa shape index (κ2) is 6.82. The molecule has 5 nitrogen and oxygen atoms in total. The van der Waals surface area contributed by atoms with E-state index in [-0.39, 0.29) is 17.6 Å². The molecule has 2 heterocycles. The van der Waals surface area contributed by atoms with Crippen molar-refractivity contribution in [1.82, 2.24) is 9.55 Å². The zero-order valence-electron chi connectivity index (χ0n) is 14.1. The van der Waals surface area contributed by atoms with E-state index in [9.17, 15) is 18.4 Å². The van der Waals surface area contributed by atoms with Crippen molar-refractivity contribution in [2.24, 2.45) is 0 Å². The molecule has 0 aromatic carbocycles. The average Bonchev–Trinajstić information content (AvgIpc) is 2.55. The summed E-state index contributed by atoms with van der Waals surface area (Å²) in [6.45, 7) is 5.17. The van der Waals surface area contributed by atoms with Gasteiger partial charge in [-0.05, 0) is 56.8 Å². The number of halogens is 2. The third kappa shape index (κ3) is 3.23. The normalized spacial score (nSPS) is 21.3. The Kier molecular flexibility index (Phi) is 4.74. The molecule has 2 aliphatic rings. The summed E-state index contributed by atoms with van der Waals surface area (Å²) in [6.07, 6.45) is 5.72. The predicted octanol–water partition coefficient (Wildman–Crippen LogP) is 3.27. The molecule has 1 aliphatic heterocycles. The summed E-state index contributed by atoms with van der Waals surface area (Å²) < 4.78 is 28.2. The lowest BCUT2D eigenvalue weighted by Gasteiger charge is -2.30. The largest absolute Gasteiger partial charge is 0.364 e. The summed E-state index contributed by atoms with van der Waals surface area (Å²) in [5, 5.41) is 3.02. The number of nitrogens with one attached hydrogen (secondary N) is 2. The third-order valence-electron chi connectivity index (χ3n) is 4.91. The average molecular weight is 349 g/mol. The Bertz CT molecular complexity index is 875. The van der Waals surface area contributed by atoms with Crippen LogP contribution in [0.3, 0.4) is 0 Å². The van der Waals surface area contributed by atoms with Crippen molar-refractivity contribution in [2.45, 2.75) is 51.1 Å². The van der Waals surface area contributed by atoms with Crippen molar-refractivity contribution < 1.29 is 8.78 Å². The van der Waals surface area contributed by atoms with Gasteiger partial charge in [0.2, 0.25) is 0 Å². The number of allylic oxidation sites excluding steroid dienone is 3. The van der Waals surface area contributed by atoms with Crippen molar-refractivity contribution in [2.75, 3.05) is 5.32 Å². The lowest BCUT2D eigenvalue weighted by Crippen LogP contribution is -2.44. The van der Waals surface area contributed by atoms with Gasteiger partial charge in [0.25, 0.3) is 5.56 Å². The van der Waals surface area contributed by atoms with Crippen molar-refractivity contribution in [1.29, 1.82) is 0 Å². The van der Waals surface area contributed by atoms with Crippen LogP contribution in [0.5, 0.6) is 0 Å². The number of fused-ring (bicyclic) bond motifs is 1. The van der Waals surface area contributed by atoms with E-state index in [1.807, 2.05) is 0 Å². The fourth-order valence-corrected chi connectivity index (χ4v) is 3.20. The van der Waals surface area contributed by atoms with Crippen LogP contribution in [0.1, 0.15) is 44.2 Å². The van der Waals surface area contributed by atoms with Gasteiger partial charge in [0.15, 0.2) is 11.7 Å². The van der Waals surface area contributed by atoms with Crippen molar-refractivity contribution in [3.05, 3.63) is 62.4 Å². The molecule has 1 aromatic heterocycles. The number of nitrogens with zero attached hydrogens (tertiary/aromatic N) is 1. The minimum absolute atomic E-state index is 0.0184. The smallest absolute Gasteiger partial charge is 0.330 e. The molecule has 134 valence electrons. The van der Waals surface area contributed by atoms with Crippen LogP contribution in [-0.2, 0) is 6.42 Å². The fraction of sp³-hybridized carbons (Fsp3) is 0.444. The maximum Gasteiger partial charge on any atom is 0.330 e. The number of aromatic amines is 1. The molecule has 1 aromatic rings. The van der Waals surface area contributed by atoms with Gasteiger partial charge in [-0.2, -0.15) is 0 Å². The molecule has 1 fully saturated rings. The van der Waals surface area contributed by atoms with Crippen LogP contribution in [0.2, 0.25) is 0 Å². The van der Waals surface area contributed by atoms with Gasteiger partial charge < -0.3 is 5.32 Å². The predicted molar refractivity (Wildman–Crippen MR) is 93.1 cm³/mol. The van der Waals surface area contributed by atoms with E-state index in [1.165, 1.54) is 11.5 Å². The van der Waals surface area contributed by atoms with Gasteiger partial charge >= 0.3 is 5.69 Å². The quantitative estimate of drug-likeness (QED) is 0.820. The molecule has 25 heavy (non-hydrogen) atoms. The molecule has 0 unspecified atom stereocenters. The van der Waals surface area contributed by atoms with Crippen LogP contribution in [0, 0.1) is 0 Å². The van der Waals surface area contributed by atoms with Crippen molar-refractivity contribution in [3.8, 4) is 0 Å². The van der Waals surface area contributed by atoms with E-state index in [0.29, 0.717) is 29.8 Å². The number of H-pyrrole nitrogens is 1. The summed E-state index contributed by atoms with van der Waals surface area (Å²) >= 11 is 0. The minimum atomic E-state index is -0.992. The Morgan fingerprint density at radius 3 is 2.56 bits per heavy atom. The summed E-state index contributed by atoms with van der Waals surface area (Å²) in [4.78, 5) is 27.6. The zero-order chi connectivity index (χ0) is 18.1. The number of aromatic nitrogens is 2. The first-order valence-electron chi connectivity index (χ1n) is 8.44. The van der Waals surface area contributed by atoms with Gasteiger partial charge in [-0.15, -0.1) is 0 Å². The highest BCUT2D eigenvalue weighted by Gasteiger charge is 2.28. The fourth-order valence-electron chi connectivity index (χ4n) is 3.20. The molecule has 0 spiro atoms. The number of hydrogen-bond donors (Lipinski definition) is 2. The number of rotatable bonds is 4. The van der Waals surface area contributed by atoms with Crippen LogP contribution in [0.4, 0.5) is 14.6 Å². The summed E-state index contributed by atoms with van der Waals surface area (Å²) in [5.74, 6) is -1.59. The second-order valence-electron chi connectivity index (χ2n) is 6.48. The molecule has 1 aliphatic carbocycles. The van der Waals surface area contributed by atoms with Gasteiger partial charge in [0.05, 0.1) is 11.6 Å². The van der Waals surface area contributed by atoms with Gasteiger partial charge in [0, 0.05) is 6.04 Å². The van der Waals surface area contributed by atoms with E-state index in [1.54, 1.807) is 0 Å². The monoisotopic (exact) mass is 349 g/mol. The Hall–Kier alpha value is -2.44. The van der Waals surface area contributed by atoms with E-state index >= 15 is 0 Å². The molecule has 7 heteroatoms.